The number of benzene rings is 3. The second kappa shape index (κ2) is 10.4. The number of fused-ring (bicyclic) bond motifs is 2. The number of amides is 2. The van der Waals surface area contributed by atoms with E-state index in [1.54, 1.807) is 41.9 Å². The number of hydrogen-bond donors (Lipinski definition) is 6. The second-order valence-electron chi connectivity index (χ2n) is 9.47. The molecule has 0 aliphatic carbocycles. The van der Waals surface area contributed by atoms with Gasteiger partial charge in [-0.25, -0.2) is 19.6 Å². The third-order valence-corrected chi connectivity index (χ3v) is 6.71. The highest BCUT2D eigenvalue weighted by Crippen LogP contribution is 2.22. The van der Waals surface area contributed by atoms with Crippen LogP contribution in [0.15, 0.2) is 54.6 Å². The Hall–Kier alpha value is -5.72. The monoisotopic (exact) mass is 556 g/mol. The summed E-state index contributed by atoms with van der Waals surface area (Å²) >= 11 is 0. The molecule has 0 aliphatic rings. The van der Waals surface area contributed by atoms with Crippen LogP contribution >= 0.6 is 0 Å². The SMILES string of the molecule is Cn1c(Cc2nc3ccc(C(N)=O)cc3[nH]2)nc2ccc(C(=O)N[C@@H](Cc3ccc(O)c(C(=O)O)c3)C(=O)O)cc21. The maximum atomic E-state index is 13.0. The molecule has 0 unspecified atom stereocenters. The van der Waals surface area contributed by atoms with E-state index in [-0.39, 0.29) is 17.5 Å². The van der Waals surface area contributed by atoms with Gasteiger partial charge in [0.2, 0.25) is 5.91 Å². The molecule has 208 valence electrons. The van der Waals surface area contributed by atoms with Gasteiger partial charge in [0.15, 0.2) is 0 Å². The van der Waals surface area contributed by atoms with Crippen LogP contribution in [-0.4, -0.2) is 64.6 Å². The first-order chi connectivity index (χ1) is 19.5. The lowest BCUT2D eigenvalue weighted by atomic mass is 10.0. The van der Waals surface area contributed by atoms with Gasteiger partial charge < -0.3 is 35.9 Å². The van der Waals surface area contributed by atoms with Gasteiger partial charge in [0.05, 0.1) is 28.5 Å². The summed E-state index contributed by atoms with van der Waals surface area (Å²) in [7, 11) is 1.78. The van der Waals surface area contributed by atoms with Crippen LogP contribution in [0.25, 0.3) is 22.1 Å². The topological polar surface area (TPSA) is 214 Å². The number of carbonyl (C=O) groups is 4. The lowest BCUT2D eigenvalue weighted by molar-refractivity contribution is -0.139. The van der Waals surface area contributed by atoms with E-state index in [9.17, 15) is 34.5 Å². The van der Waals surface area contributed by atoms with E-state index < -0.39 is 35.5 Å². The molecule has 0 fully saturated rings. The Balaban J connectivity index is 1.35. The van der Waals surface area contributed by atoms with Crippen molar-refractivity contribution in [3.05, 3.63) is 88.5 Å². The van der Waals surface area contributed by atoms with Crippen molar-refractivity contribution >= 4 is 45.8 Å². The Morgan fingerprint density at radius 3 is 2.41 bits per heavy atom. The minimum atomic E-state index is -1.36. The Bertz CT molecular complexity index is 1870. The molecule has 0 spiro atoms. The van der Waals surface area contributed by atoms with Crippen LogP contribution in [0.2, 0.25) is 0 Å². The molecule has 0 aliphatic heterocycles. The molecule has 2 heterocycles. The quantitative estimate of drug-likeness (QED) is 0.156. The number of carboxylic acid groups (broad SMARTS) is 2. The lowest BCUT2D eigenvalue weighted by Gasteiger charge is -2.15. The second-order valence-corrected chi connectivity index (χ2v) is 9.47. The molecule has 3 aromatic carbocycles. The summed E-state index contributed by atoms with van der Waals surface area (Å²) < 4.78 is 1.80. The van der Waals surface area contributed by atoms with Crippen LogP contribution < -0.4 is 11.1 Å². The molecule has 7 N–H and O–H groups in total. The predicted molar refractivity (Wildman–Crippen MR) is 146 cm³/mol. The predicted octanol–water partition coefficient (Wildman–Crippen LogP) is 1.97. The number of nitrogens with one attached hydrogen (secondary N) is 2. The molecule has 2 amide bonds. The number of aromatic nitrogens is 4. The number of nitrogens with two attached hydrogens (primary N) is 1. The van der Waals surface area contributed by atoms with E-state index in [2.05, 4.69) is 20.3 Å². The van der Waals surface area contributed by atoms with Gasteiger partial charge in [-0.3, -0.25) is 9.59 Å². The molecule has 5 aromatic rings. The van der Waals surface area contributed by atoms with Crippen molar-refractivity contribution in [2.24, 2.45) is 12.8 Å². The van der Waals surface area contributed by atoms with Crippen LogP contribution in [0.5, 0.6) is 5.75 Å². The number of carboxylic acids is 2. The van der Waals surface area contributed by atoms with Gasteiger partial charge in [-0.15, -0.1) is 0 Å². The number of carbonyl (C=O) groups excluding carboxylic acids is 2. The van der Waals surface area contributed by atoms with Crippen molar-refractivity contribution in [3.63, 3.8) is 0 Å². The summed E-state index contributed by atoms with van der Waals surface area (Å²) in [6.45, 7) is 0. The zero-order chi connectivity index (χ0) is 29.4. The van der Waals surface area contributed by atoms with Crippen molar-refractivity contribution in [1.82, 2.24) is 24.8 Å². The minimum Gasteiger partial charge on any atom is -0.507 e. The van der Waals surface area contributed by atoms with E-state index in [0.717, 1.165) is 6.07 Å². The number of aromatic carboxylic acids is 1. The third-order valence-electron chi connectivity index (χ3n) is 6.71. The maximum absolute atomic E-state index is 13.0. The summed E-state index contributed by atoms with van der Waals surface area (Å²) in [5.74, 6) is -3.03. The van der Waals surface area contributed by atoms with E-state index >= 15 is 0 Å². The van der Waals surface area contributed by atoms with Gasteiger partial charge in [-0.1, -0.05) is 6.07 Å². The van der Waals surface area contributed by atoms with Crippen molar-refractivity contribution in [1.29, 1.82) is 0 Å². The number of aromatic amines is 1. The number of H-pyrrole nitrogens is 1. The number of aryl methyl sites for hydroxylation is 1. The molecule has 0 radical (unpaired) electrons. The number of phenols is 1. The first-order valence-corrected chi connectivity index (χ1v) is 12.3. The number of rotatable bonds is 9. The minimum absolute atomic E-state index is 0.196. The molecule has 41 heavy (non-hydrogen) atoms. The molecular weight excluding hydrogens is 532 g/mol. The van der Waals surface area contributed by atoms with Gasteiger partial charge in [0.25, 0.3) is 5.91 Å². The molecule has 1 atom stereocenters. The fourth-order valence-electron chi connectivity index (χ4n) is 4.55. The fourth-order valence-corrected chi connectivity index (χ4v) is 4.55. The zero-order valence-corrected chi connectivity index (χ0v) is 21.6. The summed E-state index contributed by atoms with van der Waals surface area (Å²) in [6.07, 6.45) is 0.136. The summed E-state index contributed by atoms with van der Waals surface area (Å²) in [5.41, 5.74) is 8.45. The fraction of sp³-hybridized carbons (Fsp3) is 0.143. The van der Waals surface area contributed by atoms with Gasteiger partial charge in [0, 0.05) is 24.6 Å². The molecule has 5 rings (SSSR count). The number of nitrogens with zero attached hydrogens (tertiary/aromatic N) is 3. The highest BCUT2D eigenvalue weighted by atomic mass is 16.4. The number of hydrogen-bond acceptors (Lipinski definition) is 7. The molecule has 0 saturated heterocycles. The maximum Gasteiger partial charge on any atom is 0.339 e. The summed E-state index contributed by atoms with van der Waals surface area (Å²) in [6, 6.07) is 12.1. The van der Waals surface area contributed by atoms with E-state index in [0.29, 0.717) is 51.3 Å². The molecule has 0 bridgehead atoms. The highest BCUT2D eigenvalue weighted by Gasteiger charge is 2.23. The standard InChI is InChI=1S/C28H24N6O7/c1-34-21-11-15(26(37)33-20(28(40)41)9-13-2-7-22(35)16(8-13)27(38)39)4-6-18(21)32-24(34)12-23-30-17-5-3-14(25(29)36)10-19(17)31-23/h2-8,10-11,20,35H,9,12H2,1H3,(H2,29,36)(H,30,31)(H,33,37)(H,38,39)(H,40,41)/t20-/m0/s1. The average molecular weight is 557 g/mol. The molecule has 0 saturated carbocycles. The van der Waals surface area contributed by atoms with Gasteiger partial charge in [-0.2, -0.15) is 0 Å². The number of imidazole rings is 2. The smallest absolute Gasteiger partial charge is 0.339 e. The van der Waals surface area contributed by atoms with Crippen molar-refractivity contribution in [3.8, 4) is 5.75 Å². The van der Waals surface area contributed by atoms with Crippen LogP contribution in [-0.2, 0) is 24.7 Å². The molecular formula is C28H24N6O7. The first-order valence-electron chi connectivity index (χ1n) is 12.3. The average Bonchev–Trinajstić information content (AvgIpc) is 3.48. The number of aromatic hydroxyl groups is 1. The zero-order valence-electron chi connectivity index (χ0n) is 21.6. The van der Waals surface area contributed by atoms with E-state index in [1.165, 1.54) is 18.2 Å². The molecule has 2 aromatic heterocycles. The van der Waals surface area contributed by atoms with Crippen molar-refractivity contribution in [2.45, 2.75) is 18.9 Å². The molecule has 13 nitrogen and oxygen atoms in total. The molecule has 13 heteroatoms. The Morgan fingerprint density at radius 2 is 1.71 bits per heavy atom. The summed E-state index contributed by atoms with van der Waals surface area (Å²) in [4.78, 5) is 60.0. The summed E-state index contributed by atoms with van der Waals surface area (Å²) in [5, 5.41) is 31.1. The normalized spacial score (nSPS) is 11.9. The van der Waals surface area contributed by atoms with E-state index in [4.69, 9.17) is 5.73 Å². The van der Waals surface area contributed by atoms with E-state index in [1.807, 2.05) is 0 Å². The number of aliphatic carboxylic acids is 1. The van der Waals surface area contributed by atoms with Crippen LogP contribution in [0.4, 0.5) is 0 Å². The first kappa shape index (κ1) is 26.9. The van der Waals surface area contributed by atoms with Crippen LogP contribution in [0.3, 0.4) is 0 Å². The van der Waals surface area contributed by atoms with Crippen molar-refractivity contribution < 1.29 is 34.5 Å². The highest BCUT2D eigenvalue weighted by molar-refractivity contribution is 5.99. The Labute approximate surface area is 231 Å². The number of primary amides is 1. The van der Waals surface area contributed by atoms with Gasteiger partial charge >= 0.3 is 11.9 Å². The Kier molecular flexibility index (Phi) is 6.85. The van der Waals surface area contributed by atoms with Crippen LogP contribution in [0.1, 0.15) is 48.3 Å². The van der Waals surface area contributed by atoms with Crippen molar-refractivity contribution in [2.75, 3.05) is 0 Å². The largest absolute Gasteiger partial charge is 0.507 e. The van der Waals surface area contributed by atoms with Gasteiger partial charge in [0.1, 0.15) is 29.0 Å². The van der Waals surface area contributed by atoms with Gasteiger partial charge in [-0.05, 0) is 54.1 Å². The Morgan fingerprint density at radius 1 is 0.976 bits per heavy atom. The third kappa shape index (κ3) is 5.41. The lowest BCUT2D eigenvalue weighted by Crippen LogP contribution is -2.42. The van der Waals surface area contributed by atoms with Crippen LogP contribution in [0, 0.1) is 0 Å².